The number of methoxy groups -OCH3 is 1. The molecular weight excluding hydrogens is 276 g/mol. The zero-order valence-electron chi connectivity index (χ0n) is 9.15. The number of esters is 1. The summed E-state index contributed by atoms with van der Waals surface area (Å²) in [6.45, 7) is 1.29. The van der Waals surface area contributed by atoms with Crippen molar-refractivity contribution in [3.63, 3.8) is 0 Å². The molecule has 90 valence electrons. The number of carbonyl (C=O) groups excluding carboxylic acids is 1. The molecule has 3 aliphatic rings. The minimum atomic E-state index is -0.492. The van der Waals surface area contributed by atoms with Crippen LogP contribution in [0.1, 0.15) is 12.8 Å². The Kier molecular flexibility index (Phi) is 2.53. The van der Waals surface area contributed by atoms with Crippen LogP contribution in [0.4, 0.5) is 0 Å². The fraction of sp³-hybridized carbons (Fsp3) is 0.909. The lowest BCUT2D eigenvalue weighted by molar-refractivity contribution is -0.195. The average molecular weight is 291 g/mol. The van der Waals surface area contributed by atoms with Gasteiger partial charge in [0.15, 0.2) is 5.79 Å². The number of rotatable bonds is 1. The molecule has 2 bridgehead atoms. The Balaban J connectivity index is 1.89. The van der Waals surface area contributed by atoms with Gasteiger partial charge in [-0.05, 0) is 12.3 Å². The highest BCUT2D eigenvalue weighted by Gasteiger charge is 2.65. The van der Waals surface area contributed by atoms with E-state index in [2.05, 4.69) is 15.9 Å². The van der Waals surface area contributed by atoms with Gasteiger partial charge < -0.3 is 14.2 Å². The number of hydrogen-bond acceptors (Lipinski definition) is 4. The summed E-state index contributed by atoms with van der Waals surface area (Å²) in [4.78, 5) is 12.2. The Hall–Kier alpha value is -0.130. The maximum Gasteiger partial charge on any atom is 0.309 e. The Morgan fingerprint density at radius 1 is 1.44 bits per heavy atom. The van der Waals surface area contributed by atoms with Crippen LogP contribution in [-0.4, -0.2) is 36.9 Å². The third-order valence-corrected chi connectivity index (χ3v) is 5.23. The van der Waals surface area contributed by atoms with Crippen molar-refractivity contribution in [2.75, 3.05) is 20.3 Å². The van der Waals surface area contributed by atoms with Crippen molar-refractivity contribution in [3.05, 3.63) is 0 Å². The second-order valence-electron chi connectivity index (χ2n) is 4.78. The molecule has 5 heteroatoms. The summed E-state index contributed by atoms with van der Waals surface area (Å²) in [5, 5.41) is 0. The topological polar surface area (TPSA) is 44.8 Å². The van der Waals surface area contributed by atoms with Crippen LogP contribution in [0.5, 0.6) is 0 Å². The zero-order valence-corrected chi connectivity index (χ0v) is 10.7. The molecule has 1 spiro atoms. The third-order valence-electron chi connectivity index (χ3n) is 4.17. The van der Waals surface area contributed by atoms with E-state index in [1.807, 2.05) is 0 Å². The lowest BCUT2D eigenvalue weighted by Crippen LogP contribution is -2.39. The van der Waals surface area contributed by atoms with E-state index in [0.717, 1.165) is 12.8 Å². The maximum atomic E-state index is 11.8. The highest BCUT2D eigenvalue weighted by atomic mass is 79.9. The van der Waals surface area contributed by atoms with Crippen LogP contribution in [0.3, 0.4) is 0 Å². The lowest BCUT2D eigenvalue weighted by atomic mass is 9.93. The van der Waals surface area contributed by atoms with Gasteiger partial charge in [0.2, 0.25) is 0 Å². The first kappa shape index (κ1) is 11.0. The molecule has 2 saturated carbocycles. The highest BCUT2D eigenvalue weighted by molar-refractivity contribution is 9.09. The van der Waals surface area contributed by atoms with Gasteiger partial charge in [-0.25, -0.2) is 0 Å². The van der Waals surface area contributed by atoms with E-state index in [1.165, 1.54) is 7.11 Å². The molecule has 0 unspecified atom stereocenters. The standard InChI is InChI=1S/C11H15BrO4/c1-14-10(13)9-6-5-11(15-2-3-16-11)7(9)4-8(6)12/h6-9H,2-5H2,1H3/t6-,7-,8-,9+/m0/s1. The van der Waals surface area contributed by atoms with Crippen molar-refractivity contribution in [3.8, 4) is 0 Å². The molecule has 3 fully saturated rings. The molecule has 0 aromatic carbocycles. The monoisotopic (exact) mass is 290 g/mol. The normalized spacial score (nSPS) is 44.1. The summed E-state index contributed by atoms with van der Waals surface area (Å²) in [6, 6.07) is 0. The predicted octanol–water partition coefficient (Wildman–Crippen LogP) is 1.32. The maximum absolute atomic E-state index is 11.8. The smallest absolute Gasteiger partial charge is 0.309 e. The van der Waals surface area contributed by atoms with Gasteiger partial charge in [-0.15, -0.1) is 0 Å². The molecule has 0 radical (unpaired) electrons. The van der Waals surface area contributed by atoms with Gasteiger partial charge >= 0.3 is 5.97 Å². The van der Waals surface area contributed by atoms with Crippen LogP contribution >= 0.6 is 15.9 Å². The first-order chi connectivity index (χ1) is 7.68. The number of ether oxygens (including phenoxy) is 3. The van der Waals surface area contributed by atoms with Gasteiger partial charge in [0.1, 0.15) is 0 Å². The fourth-order valence-electron chi connectivity index (χ4n) is 3.55. The summed E-state index contributed by atoms with van der Waals surface area (Å²) < 4.78 is 16.4. The third kappa shape index (κ3) is 1.31. The number of halogens is 1. The Morgan fingerprint density at radius 3 is 2.75 bits per heavy atom. The van der Waals surface area contributed by atoms with Crippen molar-refractivity contribution >= 4 is 21.9 Å². The van der Waals surface area contributed by atoms with Gasteiger partial charge in [-0.3, -0.25) is 4.79 Å². The molecule has 0 aromatic rings. The summed E-state index contributed by atoms with van der Waals surface area (Å²) >= 11 is 3.64. The van der Waals surface area contributed by atoms with E-state index >= 15 is 0 Å². The van der Waals surface area contributed by atoms with E-state index in [-0.39, 0.29) is 23.7 Å². The molecule has 1 aliphatic heterocycles. The van der Waals surface area contributed by atoms with Crippen molar-refractivity contribution in [2.24, 2.45) is 17.8 Å². The van der Waals surface area contributed by atoms with Crippen LogP contribution in [-0.2, 0) is 19.0 Å². The van der Waals surface area contributed by atoms with Crippen molar-refractivity contribution in [1.29, 1.82) is 0 Å². The quantitative estimate of drug-likeness (QED) is 0.540. The van der Waals surface area contributed by atoms with Crippen LogP contribution in [0, 0.1) is 17.8 Å². The minimum Gasteiger partial charge on any atom is -0.469 e. The Bertz CT molecular complexity index is 313. The first-order valence-electron chi connectivity index (χ1n) is 5.68. The van der Waals surface area contributed by atoms with Crippen LogP contribution < -0.4 is 0 Å². The number of hydrogen-bond donors (Lipinski definition) is 0. The van der Waals surface area contributed by atoms with Crippen LogP contribution in [0.25, 0.3) is 0 Å². The van der Waals surface area contributed by atoms with E-state index in [0.29, 0.717) is 18.0 Å². The highest BCUT2D eigenvalue weighted by Crippen LogP contribution is 2.60. The molecule has 1 saturated heterocycles. The Labute approximate surface area is 103 Å². The van der Waals surface area contributed by atoms with Crippen molar-refractivity contribution < 1.29 is 19.0 Å². The van der Waals surface area contributed by atoms with Crippen molar-refractivity contribution in [2.45, 2.75) is 23.5 Å². The molecule has 0 N–H and O–H groups in total. The van der Waals surface area contributed by atoms with E-state index in [9.17, 15) is 4.79 Å². The molecular formula is C11H15BrO4. The SMILES string of the molecule is COC(=O)[C@@H]1[C@H]2CC3(OCCO3)[C@H]1C[C@@H]2Br. The van der Waals surface area contributed by atoms with Gasteiger partial charge in [0, 0.05) is 17.2 Å². The largest absolute Gasteiger partial charge is 0.469 e. The zero-order chi connectivity index (χ0) is 11.3. The lowest BCUT2D eigenvalue weighted by Gasteiger charge is -2.33. The molecule has 4 atom stereocenters. The molecule has 16 heavy (non-hydrogen) atoms. The summed E-state index contributed by atoms with van der Waals surface area (Å²) in [7, 11) is 1.45. The van der Waals surface area contributed by atoms with Crippen molar-refractivity contribution in [1.82, 2.24) is 0 Å². The van der Waals surface area contributed by atoms with Crippen LogP contribution in [0.2, 0.25) is 0 Å². The van der Waals surface area contributed by atoms with E-state index in [1.54, 1.807) is 0 Å². The Morgan fingerprint density at radius 2 is 2.12 bits per heavy atom. The first-order valence-corrected chi connectivity index (χ1v) is 6.59. The number of alkyl halides is 1. The second-order valence-corrected chi connectivity index (χ2v) is 5.96. The predicted molar refractivity (Wildman–Crippen MR) is 59.1 cm³/mol. The van der Waals surface area contributed by atoms with Gasteiger partial charge in [0.05, 0.1) is 26.2 Å². The van der Waals surface area contributed by atoms with E-state index < -0.39 is 5.79 Å². The molecule has 1 heterocycles. The molecule has 0 aromatic heterocycles. The van der Waals surface area contributed by atoms with Gasteiger partial charge in [-0.1, -0.05) is 15.9 Å². The molecule has 0 amide bonds. The van der Waals surface area contributed by atoms with E-state index in [4.69, 9.17) is 14.2 Å². The summed E-state index contributed by atoms with van der Waals surface area (Å²) in [5.74, 6) is -0.235. The minimum absolute atomic E-state index is 0.0625. The fourth-order valence-corrected chi connectivity index (χ4v) is 4.47. The number of fused-ring (bicyclic) bond motifs is 3. The average Bonchev–Trinajstić information content (AvgIpc) is 2.93. The van der Waals surface area contributed by atoms with Gasteiger partial charge in [-0.2, -0.15) is 0 Å². The summed E-state index contributed by atoms with van der Waals surface area (Å²) in [5.41, 5.74) is 0. The van der Waals surface area contributed by atoms with Crippen LogP contribution in [0.15, 0.2) is 0 Å². The summed E-state index contributed by atoms with van der Waals surface area (Å²) in [6.07, 6.45) is 1.75. The molecule has 2 aliphatic carbocycles. The molecule has 4 nitrogen and oxygen atoms in total. The number of carbonyl (C=O) groups is 1. The molecule has 3 rings (SSSR count). The second kappa shape index (κ2) is 3.68. The van der Waals surface area contributed by atoms with Gasteiger partial charge in [0.25, 0.3) is 0 Å².